The summed E-state index contributed by atoms with van der Waals surface area (Å²) in [5.41, 5.74) is 1.20. The molecular formula is C13H15NO4. The van der Waals surface area contributed by atoms with Gasteiger partial charge in [0.1, 0.15) is 5.75 Å². The van der Waals surface area contributed by atoms with Gasteiger partial charge in [-0.2, -0.15) is 0 Å². The van der Waals surface area contributed by atoms with E-state index in [0.29, 0.717) is 23.4 Å². The molecule has 0 unspecified atom stereocenters. The molecule has 0 heterocycles. The first-order valence-electron chi connectivity index (χ1n) is 5.45. The highest BCUT2D eigenvalue weighted by molar-refractivity contribution is 5.93. The van der Waals surface area contributed by atoms with E-state index >= 15 is 0 Å². The predicted molar refractivity (Wildman–Crippen MR) is 68.6 cm³/mol. The van der Waals surface area contributed by atoms with Gasteiger partial charge < -0.3 is 15.2 Å². The third-order valence-corrected chi connectivity index (χ3v) is 2.24. The zero-order chi connectivity index (χ0) is 13.5. The van der Waals surface area contributed by atoms with E-state index in [4.69, 9.17) is 9.84 Å². The summed E-state index contributed by atoms with van der Waals surface area (Å²) in [6, 6.07) is 5.04. The number of hydrogen-bond acceptors (Lipinski definition) is 3. The van der Waals surface area contributed by atoms with Crippen LogP contribution in [0, 0.1) is 0 Å². The van der Waals surface area contributed by atoms with E-state index in [0.717, 1.165) is 6.08 Å². The number of methoxy groups -OCH3 is 1. The lowest BCUT2D eigenvalue weighted by Crippen LogP contribution is -2.10. The standard InChI is InChI=1S/C13H15NO4/c1-3-12(15)14-10-8-9(5-7-13(16)17)4-6-11(10)18-2/h4-8H,3H2,1-2H3,(H,14,15)(H,16,17)/b7-5+. The highest BCUT2D eigenvalue weighted by Crippen LogP contribution is 2.26. The summed E-state index contributed by atoms with van der Waals surface area (Å²) in [4.78, 5) is 21.8. The van der Waals surface area contributed by atoms with Crippen molar-refractivity contribution in [2.45, 2.75) is 13.3 Å². The second-order valence-corrected chi connectivity index (χ2v) is 3.53. The van der Waals surface area contributed by atoms with E-state index in [2.05, 4.69) is 5.32 Å². The van der Waals surface area contributed by atoms with Crippen LogP contribution < -0.4 is 10.1 Å². The molecule has 0 saturated carbocycles. The van der Waals surface area contributed by atoms with Crippen molar-refractivity contribution in [1.29, 1.82) is 0 Å². The SMILES string of the molecule is CCC(=O)Nc1cc(/C=C/C(=O)O)ccc1OC. The number of ether oxygens (including phenoxy) is 1. The molecule has 1 rings (SSSR count). The summed E-state index contributed by atoms with van der Waals surface area (Å²) in [5, 5.41) is 11.2. The average Bonchev–Trinajstić information content (AvgIpc) is 2.36. The van der Waals surface area contributed by atoms with Crippen LogP contribution in [0.5, 0.6) is 5.75 Å². The minimum Gasteiger partial charge on any atom is -0.495 e. The van der Waals surface area contributed by atoms with E-state index in [1.807, 2.05) is 0 Å². The summed E-state index contributed by atoms with van der Waals surface area (Å²) >= 11 is 0. The summed E-state index contributed by atoms with van der Waals surface area (Å²) in [6.45, 7) is 1.75. The maximum atomic E-state index is 11.3. The number of carbonyl (C=O) groups is 2. The van der Waals surface area contributed by atoms with Gasteiger partial charge in [-0.1, -0.05) is 13.0 Å². The molecule has 2 N–H and O–H groups in total. The Labute approximate surface area is 105 Å². The topological polar surface area (TPSA) is 75.6 Å². The normalized spacial score (nSPS) is 10.3. The fourth-order valence-electron chi connectivity index (χ4n) is 1.33. The fraction of sp³-hybridized carbons (Fsp3) is 0.231. The molecule has 96 valence electrons. The van der Waals surface area contributed by atoms with Crippen molar-refractivity contribution in [3.05, 3.63) is 29.8 Å². The average molecular weight is 249 g/mol. The first-order chi connectivity index (χ1) is 8.56. The Morgan fingerprint density at radius 3 is 2.72 bits per heavy atom. The molecule has 18 heavy (non-hydrogen) atoms. The summed E-state index contributed by atoms with van der Waals surface area (Å²) < 4.78 is 5.12. The first-order valence-corrected chi connectivity index (χ1v) is 5.45. The van der Waals surface area contributed by atoms with Crippen molar-refractivity contribution < 1.29 is 19.4 Å². The smallest absolute Gasteiger partial charge is 0.328 e. The van der Waals surface area contributed by atoms with Crippen LogP contribution in [-0.2, 0) is 9.59 Å². The van der Waals surface area contributed by atoms with Crippen molar-refractivity contribution >= 4 is 23.6 Å². The Kier molecular flexibility index (Phi) is 4.92. The van der Waals surface area contributed by atoms with Crippen LogP contribution in [0.15, 0.2) is 24.3 Å². The molecular weight excluding hydrogens is 234 g/mol. The van der Waals surface area contributed by atoms with E-state index in [1.54, 1.807) is 25.1 Å². The number of anilines is 1. The van der Waals surface area contributed by atoms with Crippen LogP contribution in [0.25, 0.3) is 6.08 Å². The van der Waals surface area contributed by atoms with Crippen molar-refractivity contribution in [1.82, 2.24) is 0 Å². The van der Waals surface area contributed by atoms with Gasteiger partial charge in [-0.05, 0) is 23.8 Å². The molecule has 1 aromatic carbocycles. The quantitative estimate of drug-likeness (QED) is 0.784. The van der Waals surface area contributed by atoms with Gasteiger partial charge in [0, 0.05) is 12.5 Å². The molecule has 1 aromatic rings. The molecule has 0 aromatic heterocycles. The molecule has 5 heteroatoms. The lowest BCUT2D eigenvalue weighted by atomic mass is 10.1. The molecule has 0 radical (unpaired) electrons. The Balaban J connectivity index is 3.01. The lowest BCUT2D eigenvalue weighted by Gasteiger charge is -2.10. The number of nitrogens with one attached hydrogen (secondary N) is 1. The molecule has 0 bridgehead atoms. The monoisotopic (exact) mass is 249 g/mol. The van der Waals surface area contributed by atoms with Gasteiger partial charge in [0.15, 0.2) is 0 Å². The number of aliphatic carboxylic acids is 1. The molecule has 0 aliphatic heterocycles. The maximum Gasteiger partial charge on any atom is 0.328 e. The van der Waals surface area contributed by atoms with E-state index in [1.165, 1.54) is 13.2 Å². The molecule has 0 spiro atoms. The highest BCUT2D eigenvalue weighted by Gasteiger charge is 2.06. The van der Waals surface area contributed by atoms with Gasteiger partial charge in [-0.15, -0.1) is 0 Å². The number of hydrogen-bond donors (Lipinski definition) is 2. The van der Waals surface area contributed by atoms with Gasteiger partial charge in [0.25, 0.3) is 0 Å². The van der Waals surface area contributed by atoms with Gasteiger partial charge in [0.2, 0.25) is 5.91 Å². The number of carboxylic acid groups (broad SMARTS) is 1. The third-order valence-electron chi connectivity index (χ3n) is 2.24. The molecule has 0 fully saturated rings. The van der Waals surface area contributed by atoms with Crippen LogP contribution in [0.4, 0.5) is 5.69 Å². The minimum atomic E-state index is -1.02. The number of benzene rings is 1. The summed E-state index contributed by atoms with van der Waals surface area (Å²) in [6.07, 6.45) is 2.84. The van der Waals surface area contributed by atoms with E-state index in [-0.39, 0.29) is 5.91 Å². The minimum absolute atomic E-state index is 0.132. The van der Waals surface area contributed by atoms with Crippen LogP contribution in [0.2, 0.25) is 0 Å². The number of amides is 1. The largest absolute Gasteiger partial charge is 0.495 e. The van der Waals surface area contributed by atoms with Crippen molar-refractivity contribution in [3.8, 4) is 5.75 Å². The molecule has 1 amide bonds. The van der Waals surface area contributed by atoms with Crippen LogP contribution in [0.3, 0.4) is 0 Å². The van der Waals surface area contributed by atoms with Crippen molar-refractivity contribution in [2.75, 3.05) is 12.4 Å². The van der Waals surface area contributed by atoms with E-state index < -0.39 is 5.97 Å². The summed E-state index contributed by atoms with van der Waals surface area (Å²) in [7, 11) is 1.50. The number of rotatable bonds is 5. The second-order valence-electron chi connectivity index (χ2n) is 3.53. The molecule has 0 aliphatic rings. The van der Waals surface area contributed by atoms with Crippen LogP contribution >= 0.6 is 0 Å². The lowest BCUT2D eigenvalue weighted by molar-refractivity contribution is -0.131. The van der Waals surface area contributed by atoms with Crippen molar-refractivity contribution in [2.24, 2.45) is 0 Å². The predicted octanol–water partition coefficient (Wildman–Crippen LogP) is 2.14. The van der Waals surface area contributed by atoms with Gasteiger partial charge in [-0.25, -0.2) is 4.79 Å². The van der Waals surface area contributed by atoms with Gasteiger partial charge in [-0.3, -0.25) is 4.79 Å². The number of carboxylic acids is 1. The first kappa shape index (κ1) is 13.8. The molecule has 5 nitrogen and oxygen atoms in total. The second kappa shape index (κ2) is 6.44. The Morgan fingerprint density at radius 1 is 1.44 bits per heavy atom. The maximum absolute atomic E-state index is 11.3. The number of carbonyl (C=O) groups excluding carboxylic acids is 1. The fourth-order valence-corrected chi connectivity index (χ4v) is 1.33. The Morgan fingerprint density at radius 2 is 2.17 bits per heavy atom. The molecule has 0 atom stereocenters. The molecule has 0 aliphatic carbocycles. The Hall–Kier alpha value is -2.30. The zero-order valence-corrected chi connectivity index (χ0v) is 10.3. The molecule has 0 saturated heterocycles. The van der Waals surface area contributed by atoms with Crippen LogP contribution in [-0.4, -0.2) is 24.1 Å². The Bertz CT molecular complexity index is 480. The van der Waals surface area contributed by atoms with E-state index in [9.17, 15) is 9.59 Å². The highest BCUT2D eigenvalue weighted by atomic mass is 16.5. The van der Waals surface area contributed by atoms with Gasteiger partial charge in [0.05, 0.1) is 12.8 Å². The van der Waals surface area contributed by atoms with Crippen molar-refractivity contribution in [3.63, 3.8) is 0 Å². The zero-order valence-electron chi connectivity index (χ0n) is 10.3. The van der Waals surface area contributed by atoms with Gasteiger partial charge >= 0.3 is 5.97 Å². The summed E-state index contributed by atoms with van der Waals surface area (Å²) in [5.74, 6) is -0.623. The third kappa shape index (κ3) is 3.93. The van der Waals surface area contributed by atoms with Crippen LogP contribution in [0.1, 0.15) is 18.9 Å².